The molecule has 4 heteroatoms. The van der Waals surface area contributed by atoms with E-state index in [9.17, 15) is 9.90 Å². The number of carbonyl (C=O) groups is 1. The maximum absolute atomic E-state index is 12.0. The minimum Gasteiger partial charge on any atom is -0.450 e. The van der Waals surface area contributed by atoms with E-state index in [1.165, 1.54) is 6.42 Å². The van der Waals surface area contributed by atoms with Gasteiger partial charge in [0.05, 0.1) is 12.7 Å². The van der Waals surface area contributed by atoms with Gasteiger partial charge in [0.15, 0.2) is 0 Å². The summed E-state index contributed by atoms with van der Waals surface area (Å²) in [5.41, 5.74) is 0. The van der Waals surface area contributed by atoms with Gasteiger partial charge in [0.1, 0.15) is 0 Å². The van der Waals surface area contributed by atoms with Crippen LogP contribution in [0, 0.1) is 5.92 Å². The van der Waals surface area contributed by atoms with Crippen molar-refractivity contribution in [3.8, 4) is 0 Å². The van der Waals surface area contributed by atoms with Crippen LogP contribution in [-0.2, 0) is 4.74 Å². The van der Waals surface area contributed by atoms with Crippen LogP contribution in [0.1, 0.15) is 51.9 Å². The molecule has 4 nitrogen and oxygen atoms in total. The van der Waals surface area contributed by atoms with E-state index < -0.39 is 0 Å². The number of hydrogen-bond donors (Lipinski definition) is 1. The van der Waals surface area contributed by atoms with Crippen molar-refractivity contribution in [2.24, 2.45) is 5.92 Å². The van der Waals surface area contributed by atoms with Crippen LogP contribution in [0.15, 0.2) is 0 Å². The predicted octanol–water partition coefficient (Wildman–Crippen LogP) is 2.55. The van der Waals surface area contributed by atoms with E-state index in [0.717, 1.165) is 45.1 Å². The van der Waals surface area contributed by atoms with Crippen molar-refractivity contribution < 1.29 is 14.6 Å². The lowest BCUT2D eigenvalue weighted by molar-refractivity contribution is -0.00584. The molecule has 3 atom stereocenters. The van der Waals surface area contributed by atoms with E-state index >= 15 is 0 Å². The molecule has 1 saturated heterocycles. The standard InChI is InChI=1S/C14H25NO3/c1-2-18-14(17)15-10-6-5-8-12(15)11-7-3-4-9-13(11)16/h11-13,16H,2-10H2,1H3. The molecule has 2 rings (SSSR count). The Balaban J connectivity index is 2.04. The second-order valence-electron chi connectivity index (χ2n) is 5.47. The van der Waals surface area contributed by atoms with Crippen LogP contribution < -0.4 is 0 Å². The van der Waals surface area contributed by atoms with E-state index in [-0.39, 0.29) is 24.2 Å². The van der Waals surface area contributed by atoms with E-state index in [1.54, 1.807) is 0 Å². The first kappa shape index (κ1) is 13.7. The number of aliphatic hydroxyl groups is 1. The van der Waals surface area contributed by atoms with Crippen molar-refractivity contribution in [2.75, 3.05) is 13.2 Å². The zero-order valence-electron chi connectivity index (χ0n) is 11.3. The normalized spacial score (nSPS) is 33.2. The molecule has 3 unspecified atom stereocenters. The van der Waals surface area contributed by atoms with Gasteiger partial charge in [-0.1, -0.05) is 12.8 Å². The third-order valence-electron chi connectivity index (χ3n) is 4.33. The topological polar surface area (TPSA) is 49.8 Å². The van der Waals surface area contributed by atoms with Crippen LogP contribution in [0.3, 0.4) is 0 Å². The Bertz CT molecular complexity index is 282. The molecule has 1 N–H and O–H groups in total. The highest BCUT2D eigenvalue weighted by molar-refractivity contribution is 5.68. The first-order valence-corrected chi connectivity index (χ1v) is 7.35. The molecule has 18 heavy (non-hydrogen) atoms. The second-order valence-corrected chi connectivity index (χ2v) is 5.47. The van der Waals surface area contributed by atoms with Crippen molar-refractivity contribution in [3.05, 3.63) is 0 Å². The average molecular weight is 255 g/mol. The van der Waals surface area contributed by atoms with Crippen LogP contribution in [0.4, 0.5) is 4.79 Å². The Hall–Kier alpha value is -0.770. The molecule has 1 saturated carbocycles. The zero-order chi connectivity index (χ0) is 13.0. The molecule has 104 valence electrons. The Labute approximate surface area is 109 Å². The second kappa shape index (κ2) is 6.41. The quantitative estimate of drug-likeness (QED) is 0.825. The van der Waals surface area contributed by atoms with Crippen LogP contribution in [-0.4, -0.2) is 41.4 Å². The van der Waals surface area contributed by atoms with Crippen LogP contribution in [0.5, 0.6) is 0 Å². The summed E-state index contributed by atoms with van der Waals surface area (Å²) in [6.45, 7) is 3.05. The Morgan fingerprint density at radius 2 is 1.94 bits per heavy atom. The fourth-order valence-electron chi connectivity index (χ4n) is 3.42. The largest absolute Gasteiger partial charge is 0.450 e. The molecular formula is C14H25NO3. The molecule has 0 bridgehead atoms. The maximum atomic E-state index is 12.0. The molecule has 0 aromatic rings. The summed E-state index contributed by atoms with van der Waals surface area (Å²) in [5, 5.41) is 10.2. The average Bonchev–Trinajstić information content (AvgIpc) is 2.40. The lowest BCUT2D eigenvalue weighted by Gasteiger charge is -2.43. The number of aliphatic hydroxyl groups excluding tert-OH is 1. The van der Waals surface area contributed by atoms with Crippen molar-refractivity contribution in [1.82, 2.24) is 4.90 Å². The highest BCUT2D eigenvalue weighted by atomic mass is 16.6. The first-order valence-electron chi connectivity index (χ1n) is 7.35. The van der Waals surface area contributed by atoms with Crippen LogP contribution in [0.25, 0.3) is 0 Å². The van der Waals surface area contributed by atoms with Gasteiger partial charge >= 0.3 is 6.09 Å². The number of amides is 1. The number of piperidine rings is 1. The number of ether oxygens (including phenoxy) is 1. The molecule has 1 heterocycles. The SMILES string of the molecule is CCOC(=O)N1CCCCC1C1CCCCC1O. The first-order chi connectivity index (χ1) is 8.74. The Kier molecular flexibility index (Phi) is 4.87. The van der Waals surface area contributed by atoms with Gasteiger partial charge in [0.25, 0.3) is 0 Å². The smallest absolute Gasteiger partial charge is 0.410 e. The number of carbonyl (C=O) groups excluding carboxylic acids is 1. The third-order valence-corrected chi connectivity index (χ3v) is 4.33. The van der Waals surface area contributed by atoms with Crippen molar-refractivity contribution >= 4 is 6.09 Å². The summed E-state index contributed by atoms with van der Waals surface area (Å²) in [4.78, 5) is 13.8. The summed E-state index contributed by atoms with van der Waals surface area (Å²) in [5.74, 6) is 0.253. The van der Waals surface area contributed by atoms with Gasteiger partial charge < -0.3 is 14.7 Å². The van der Waals surface area contributed by atoms with Gasteiger partial charge in [-0.3, -0.25) is 0 Å². The van der Waals surface area contributed by atoms with Crippen LogP contribution >= 0.6 is 0 Å². The molecule has 0 aromatic carbocycles. The summed E-state index contributed by atoms with van der Waals surface area (Å²) < 4.78 is 5.14. The summed E-state index contributed by atoms with van der Waals surface area (Å²) in [6, 6.07) is 0.188. The monoisotopic (exact) mass is 255 g/mol. The van der Waals surface area contributed by atoms with E-state index in [2.05, 4.69) is 0 Å². The minimum absolute atomic E-state index is 0.188. The fraction of sp³-hybridized carbons (Fsp3) is 0.929. The predicted molar refractivity (Wildman–Crippen MR) is 69.3 cm³/mol. The third kappa shape index (κ3) is 2.97. The fourth-order valence-corrected chi connectivity index (χ4v) is 3.42. The van der Waals surface area contributed by atoms with E-state index in [4.69, 9.17) is 4.74 Å². The summed E-state index contributed by atoms with van der Waals surface area (Å²) in [7, 11) is 0. The molecule has 1 amide bonds. The molecule has 2 aliphatic rings. The molecule has 2 fully saturated rings. The number of hydrogen-bond acceptors (Lipinski definition) is 3. The number of rotatable bonds is 2. The van der Waals surface area contributed by atoms with Gasteiger partial charge in [0.2, 0.25) is 0 Å². The van der Waals surface area contributed by atoms with Gasteiger partial charge in [0, 0.05) is 18.5 Å². The summed E-state index contributed by atoms with van der Waals surface area (Å²) in [6.07, 6.45) is 7.01. The molecule has 1 aliphatic carbocycles. The zero-order valence-corrected chi connectivity index (χ0v) is 11.3. The Morgan fingerprint density at radius 1 is 1.22 bits per heavy atom. The van der Waals surface area contributed by atoms with Crippen molar-refractivity contribution in [2.45, 2.75) is 64.0 Å². The molecular weight excluding hydrogens is 230 g/mol. The lowest BCUT2D eigenvalue weighted by atomic mass is 9.78. The van der Waals surface area contributed by atoms with Gasteiger partial charge in [-0.15, -0.1) is 0 Å². The highest BCUT2D eigenvalue weighted by Crippen LogP contribution is 2.34. The van der Waals surface area contributed by atoms with Gasteiger partial charge in [-0.25, -0.2) is 4.79 Å². The van der Waals surface area contributed by atoms with Gasteiger partial charge in [-0.2, -0.15) is 0 Å². The summed E-state index contributed by atoms with van der Waals surface area (Å²) >= 11 is 0. The Morgan fingerprint density at radius 3 is 2.67 bits per heavy atom. The van der Waals surface area contributed by atoms with Crippen molar-refractivity contribution in [1.29, 1.82) is 0 Å². The molecule has 0 spiro atoms. The molecule has 0 radical (unpaired) electrons. The maximum Gasteiger partial charge on any atom is 0.410 e. The molecule has 1 aliphatic heterocycles. The number of likely N-dealkylation sites (tertiary alicyclic amines) is 1. The van der Waals surface area contributed by atoms with Crippen LogP contribution in [0.2, 0.25) is 0 Å². The minimum atomic E-state index is -0.237. The molecule has 0 aromatic heterocycles. The van der Waals surface area contributed by atoms with Crippen molar-refractivity contribution in [3.63, 3.8) is 0 Å². The number of nitrogens with zero attached hydrogens (tertiary/aromatic N) is 1. The lowest BCUT2D eigenvalue weighted by Crippen LogP contribution is -2.51. The van der Waals surface area contributed by atoms with E-state index in [1.807, 2.05) is 11.8 Å². The van der Waals surface area contributed by atoms with E-state index in [0.29, 0.717) is 6.61 Å². The van der Waals surface area contributed by atoms with Gasteiger partial charge in [-0.05, 0) is 39.0 Å². The highest BCUT2D eigenvalue weighted by Gasteiger charge is 2.38.